The third-order valence-electron chi connectivity index (χ3n) is 5.67. The van der Waals surface area contributed by atoms with Gasteiger partial charge in [0.2, 0.25) is 5.91 Å². The van der Waals surface area contributed by atoms with E-state index in [0.29, 0.717) is 35.7 Å². The van der Waals surface area contributed by atoms with Crippen molar-refractivity contribution in [2.45, 2.75) is 31.1 Å². The third kappa shape index (κ3) is 5.34. The van der Waals surface area contributed by atoms with E-state index in [0.717, 1.165) is 11.3 Å². The molecule has 10 heteroatoms. The van der Waals surface area contributed by atoms with E-state index in [9.17, 15) is 9.18 Å². The van der Waals surface area contributed by atoms with Gasteiger partial charge in [-0.05, 0) is 69.9 Å². The van der Waals surface area contributed by atoms with E-state index in [1.54, 1.807) is 12.1 Å². The summed E-state index contributed by atoms with van der Waals surface area (Å²) in [4.78, 5) is 14.7. The Labute approximate surface area is 202 Å². The van der Waals surface area contributed by atoms with Crippen molar-refractivity contribution in [1.82, 2.24) is 25.0 Å². The number of nitrogens with zero attached hydrogens (tertiary/aromatic N) is 4. The summed E-state index contributed by atoms with van der Waals surface area (Å²) in [6, 6.07) is 11.6. The van der Waals surface area contributed by atoms with Crippen LogP contribution >= 0.6 is 11.8 Å². The zero-order valence-electron chi connectivity index (χ0n) is 19.6. The monoisotopic (exact) mass is 485 g/mol. The predicted octanol–water partition coefficient (Wildman–Crippen LogP) is 3.77. The van der Waals surface area contributed by atoms with Crippen LogP contribution in [0.25, 0.3) is 5.69 Å². The quantitative estimate of drug-likeness (QED) is 0.487. The highest BCUT2D eigenvalue weighted by atomic mass is 32.2. The van der Waals surface area contributed by atoms with Gasteiger partial charge in [0.25, 0.3) is 0 Å². The van der Waals surface area contributed by atoms with Crippen LogP contribution in [0.15, 0.2) is 47.6 Å². The number of carbonyl (C=O) groups is 1. The van der Waals surface area contributed by atoms with E-state index in [-0.39, 0.29) is 29.6 Å². The van der Waals surface area contributed by atoms with Gasteiger partial charge in [0.05, 0.1) is 17.8 Å². The topological polar surface area (TPSA) is 81.5 Å². The number of ether oxygens (including phenoxy) is 2. The molecule has 2 heterocycles. The summed E-state index contributed by atoms with van der Waals surface area (Å²) < 4.78 is 26.6. The summed E-state index contributed by atoms with van der Waals surface area (Å²) in [5.74, 6) is 1.82. The second kappa shape index (κ2) is 10.4. The first kappa shape index (κ1) is 24.0. The molecule has 0 saturated heterocycles. The normalized spacial score (nSPS) is 14.6. The van der Waals surface area contributed by atoms with Crippen LogP contribution in [0.2, 0.25) is 0 Å². The van der Waals surface area contributed by atoms with E-state index < -0.39 is 0 Å². The Morgan fingerprint density at radius 2 is 1.82 bits per heavy atom. The minimum Gasteiger partial charge on any atom is -0.486 e. The van der Waals surface area contributed by atoms with Crippen LogP contribution < -0.4 is 14.8 Å². The Morgan fingerprint density at radius 3 is 2.53 bits per heavy atom. The van der Waals surface area contributed by atoms with E-state index >= 15 is 0 Å². The lowest BCUT2D eigenvalue weighted by atomic mass is 10.1. The van der Waals surface area contributed by atoms with Gasteiger partial charge in [0.1, 0.15) is 19.0 Å². The van der Waals surface area contributed by atoms with Crippen molar-refractivity contribution in [1.29, 1.82) is 0 Å². The molecule has 8 nitrogen and oxygen atoms in total. The number of rotatable bonds is 8. The molecule has 2 atom stereocenters. The molecule has 4 rings (SSSR count). The maximum atomic E-state index is 13.5. The SMILES string of the molecule is CC(NC(=O)CSc1nnc(C(C)N(C)C)n1-c1ccc(F)cc1)c1ccc2c(c1)OCCO2. The van der Waals surface area contributed by atoms with Gasteiger partial charge in [-0.2, -0.15) is 0 Å². The van der Waals surface area contributed by atoms with Gasteiger partial charge in [0.15, 0.2) is 22.5 Å². The minimum absolute atomic E-state index is 0.0315. The standard InChI is InChI=1S/C24H28FN5O3S/c1-15(17-5-10-20-21(13-17)33-12-11-32-20)26-22(31)14-34-24-28-27-23(16(2)29(3)4)30(24)19-8-6-18(25)7-9-19/h5-10,13,15-16H,11-12,14H2,1-4H3,(H,26,31). The molecule has 1 N–H and O–H groups in total. The van der Waals surface area contributed by atoms with Crippen LogP contribution in [0.4, 0.5) is 4.39 Å². The minimum atomic E-state index is -0.319. The first-order valence-electron chi connectivity index (χ1n) is 11.0. The molecule has 34 heavy (non-hydrogen) atoms. The van der Waals surface area contributed by atoms with Crippen LogP contribution in [0.3, 0.4) is 0 Å². The summed E-state index contributed by atoms with van der Waals surface area (Å²) in [6.45, 7) is 4.98. The third-order valence-corrected chi connectivity index (χ3v) is 6.60. The molecule has 0 fully saturated rings. The van der Waals surface area contributed by atoms with Crippen molar-refractivity contribution < 1.29 is 18.7 Å². The maximum absolute atomic E-state index is 13.5. The van der Waals surface area contributed by atoms with Gasteiger partial charge in [-0.1, -0.05) is 17.8 Å². The van der Waals surface area contributed by atoms with Crippen molar-refractivity contribution in [2.75, 3.05) is 33.1 Å². The molecule has 0 spiro atoms. The van der Waals surface area contributed by atoms with E-state index in [4.69, 9.17) is 9.47 Å². The first-order valence-corrected chi connectivity index (χ1v) is 12.0. The first-order chi connectivity index (χ1) is 16.3. The second-order valence-electron chi connectivity index (χ2n) is 8.27. The van der Waals surface area contributed by atoms with Crippen molar-refractivity contribution in [3.63, 3.8) is 0 Å². The van der Waals surface area contributed by atoms with Gasteiger partial charge in [-0.3, -0.25) is 14.3 Å². The average molecular weight is 486 g/mol. The van der Waals surface area contributed by atoms with Crippen molar-refractivity contribution in [3.05, 3.63) is 59.7 Å². The molecule has 2 unspecified atom stereocenters. The highest BCUT2D eigenvalue weighted by Crippen LogP contribution is 2.33. The molecule has 0 aliphatic carbocycles. The number of benzene rings is 2. The number of halogens is 1. The van der Waals surface area contributed by atoms with Crippen molar-refractivity contribution in [3.8, 4) is 17.2 Å². The number of thioether (sulfide) groups is 1. The Balaban J connectivity index is 1.46. The van der Waals surface area contributed by atoms with Gasteiger partial charge in [-0.15, -0.1) is 10.2 Å². The lowest BCUT2D eigenvalue weighted by Crippen LogP contribution is -2.28. The molecule has 0 saturated carbocycles. The number of hydrogen-bond acceptors (Lipinski definition) is 7. The molecule has 1 aromatic heterocycles. The Hall–Kier alpha value is -3.11. The number of carbonyl (C=O) groups excluding carboxylic acids is 1. The smallest absolute Gasteiger partial charge is 0.230 e. The second-order valence-corrected chi connectivity index (χ2v) is 9.22. The van der Waals surface area contributed by atoms with Crippen LogP contribution in [0.1, 0.15) is 37.3 Å². The van der Waals surface area contributed by atoms with Gasteiger partial charge < -0.3 is 14.8 Å². The fraction of sp³-hybridized carbons (Fsp3) is 0.375. The highest BCUT2D eigenvalue weighted by Gasteiger charge is 2.22. The summed E-state index contributed by atoms with van der Waals surface area (Å²) in [5.41, 5.74) is 1.67. The molecular formula is C24H28FN5O3S. The molecule has 0 radical (unpaired) electrons. The molecule has 1 aliphatic heterocycles. The molecule has 2 aromatic carbocycles. The van der Waals surface area contributed by atoms with Crippen LogP contribution in [0.5, 0.6) is 11.5 Å². The molecule has 3 aromatic rings. The highest BCUT2D eigenvalue weighted by molar-refractivity contribution is 7.99. The number of aromatic nitrogens is 3. The number of hydrogen-bond donors (Lipinski definition) is 1. The Morgan fingerprint density at radius 1 is 1.12 bits per heavy atom. The Kier molecular flexibility index (Phi) is 7.38. The molecule has 180 valence electrons. The summed E-state index contributed by atoms with van der Waals surface area (Å²) in [6.07, 6.45) is 0. The van der Waals surface area contributed by atoms with Crippen molar-refractivity contribution >= 4 is 17.7 Å². The molecule has 1 amide bonds. The Bertz CT molecular complexity index is 1150. The van der Waals surface area contributed by atoms with E-state index in [1.165, 1.54) is 23.9 Å². The number of fused-ring (bicyclic) bond motifs is 1. The zero-order valence-corrected chi connectivity index (χ0v) is 20.4. The summed E-state index contributed by atoms with van der Waals surface area (Å²) in [5, 5.41) is 12.3. The lowest BCUT2D eigenvalue weighted by Gasteiger charge is -2.21. The number of amides is 1. The van der Waals surface area contributed by atoms with E-state index in [2.05, 4.69) is 15.5 Å². The average Bonchev–Trinajstić information content (AvgIpc) is 3.26. The van der Waals surface area contributed by atoms with Crippen LogP contribution in [-0.2, 0) is 4.79 Å². The molecule has 1 aliphatic rings. The summed E-state index contributed by atoms with van der Waals surface area (Å²) >= 11 is 1.28. The van der Waals surface area contributed by atoms with Gasteiger partial charge in [0, 0.05) is 5.69 Å². The molecule has 0 bridgehead atoms. The maximum Gasteiger partial charge on any atom is 0.230 e. The summed E-state index contributed by atoms with van der Waals surface area (Å²) in [7, 11) is 3.90. The van der Waals surface area contributed by atoms with Gasteiger partial charge in [-0.25, -0.2) is 4.39 Å². The lowest BCUT2D eigenvalue weighted by molar-refractivity contribution is -0.119. The largest absolute Gasteiger partial charge is 0.486 e. The predicted molar refractivity (Wildman–Crippen MR) is 128 cm³/mol. The van der Waals surface area contributed by atoms with Crippen molar-refractivity contribution in [2.24, 2.45) is 0 Å². The van der Waals surface area contributed by atoms with E-state index in [1.807, 2.05) is 55.6 Å². The van der Waals surface area contributed by atoms with Crippen LogP contribution in [-0.4, -0.2) is 58.6 Å². The fourth-order valence-electron chi connectivity index (χ4n) is 3.53. The zero-order chi connectivity index (χ0) is 24.2. The molecular weight excluding hydrogens is 457 g/mol. The number of nitrogens with one attached hydrogen (secondary N) is 1. The fourth-order valence-corrected chi connectivity index (χ4v) is 4.31. The van der Waals surface area contributed by atoms with Crippen LogP contribution in [0, 0.1) is 5.82 Å². The van der Waals surface area contributed by atoms with Gasteiger partial charge >= 0.3 is 0 Å².